The van der Waals surface area contributed by atoms with E-state index in [1.165, 1.54) is 0 Å². The highest BCUT2D eigenvalue weighted by Crippen LogP contribution is 2.13. The van der Waals surface area contributed by atoms with Crippen LogP contribution in [0.1, 0.15) is 19.4 Å². The fraction of sp³-hybridized carbons (Fsp3) is 0.385. The van der Waals surface area contributed by atoms with Gasteiger partial charge in [0, 0.05) is 5.69 Å². The van der Waals surface area contributed by atoms with Crippen LogP contribution in [0.4, 0.5) is 5.69 Å². The summed E-state index contributed by atoms with van der Waals surface area (Å²) in [5.41, 5.74) is 6.81. The van der Waals surface area contributed by atoms with E-state index < -0.39 is 11.3 Å². The lowest BCUT2D eigenvalue weighted by molar-refractivity contribution is -0.120. The third-order valence-electron chi connectivity index (χ3n) is 2.52. The smallest absolute Gasteiger partial charge is 0.246 e. The van der Waals surface area contributed by atoms with Crippen molar-refractivity contribution < 1.29 is 14.7 Å². The van der Waals surface area contributed by atoms with Crippen LogP contribution < -0.4 is 15.8 Å². The molecule has 1 aromatic rings. The first kappa shape index (κ1) is 16.5. The third-order valence-corrected chi connectivity index (χ3v) is 3.41. The van der Waals surface area contributed by atoms with Crippen molar-refractivity contribution in [3.8, 4) is 0 Å². The van der Waals surface area contributed by atoms with Crippen molar-refractivity contribution >= 4 is 29.4 Å². The van der Waals surface area contributed by atoms with Crippen LogP contribution in [0, 0.1) is 0 Å². The van der Waals surface area contributed by atoms with Crippen LogP contribution in [0.5, 0.6) is 0 Å². The van der Waals surface area contributed by atoms with Gasteiger partial charge >= 0.3 is 0 Å². The fourth-order valence-electron chi connectivity index (χ4n) is 1.23. The summed E-state index contributed by atoms with van der Waals surface area (Å²) in [6, 6.07) is 6.27. The minimum Gasteiger partial charge on any atom is -0.392 e. The molecule has 0 fully saturated rings. The predicted molar refractivity (Wildman–Crippen MR) is 79.8 cm³/mol. The standard InChI is InChI=1S/C13H19N3O3S/c1-8(14)12(18)16-20-9(2)13(19)15-11-5-3-10(7-17)4-6-11/h3-6,8-9,17H,7,14H2,1-2H3,(H,15,19)(H,16,18)/t8-,9-/m0/s1. The number of rotatable bonds is 6. The van der Waals surface area contributed by atoms with Crippen molar-refractivity contribution in [2.45, 2.75) is 31.7 Å². The lowest BCUT2D eigenvalue weighted by Crippen LogP contribution is -2.37. The van der Waals surface area contributed by atoms with Gasteiger partial charge in [0.2, 0.25) is 11.8 Å². The Morgan fingerprint density at radius 2 is 1.85 bits per heavy atom. The summed E-state index contributed by atoms with van der Waals surface area (Å²) in [5, 5.41) is 11.2. The number of anilines is 1. The second kappa shape index (κ2) is 7.88. The molecule has 0 aromatic heterocycles. The minimum absolute atomic E-state index is 0.0379. The maximum absolute atomic E-state index is 11.9. The molecule has 0 saturated heterocycles. The van der Waals surface area contributed by atoms with Gasteiger partial charge in [0.05, 0.1) is 12.6 Å². The summed E-state index contributed by atoms with van der Waals surface area (Å²) in [4.78, 5) is 23.2. The predicted octanol–water partition coefficient (Wildman–Crippen LogP) is 0.617. The van der Waals surface area contributed by atoms with E-state index in [9.17, 15) is 9.59 Å². The van der Waals surface area contributed by atoms with Gasteiger partial charge in [-0.2, -0.15) is 0 Å². The first-order chi connectivity index (χ1) is 9.43. The Labute approximate surface area is 122 Å². The zero-order valence-electron chi connectivity index (χ0n) is 11.4. The molecule has 2 atom stereocenters. The summed E-state index contributed by atoms with van der Waals surface area (Å²) >= 11 is 1.02. The zero-order valence-corrected chi connectivity index (χ0v) is 12.2. The van der Waals surface area contributed by atoms with E-state index in [1.54, 1.807) is 38.1 Å². The number of aliphatic hydroxyl groups is 1. The molecule has 0 bridgehead atoms. The highest BCUT2D eigenvalue weighted by molar-refractivity contribution is 7.99. The van der Waals surface area contributed by atoms with E-state index in [2.05, 4.69) is 10.0 Å². The maximum atomic E-state index is 11.9. The lowest BCUT2D eigenvalue weighted by Gasteiger charge is -2.13. The van der Waals surface area contributed by atoms with Crippen molar-refractivity contribution in [2.75, 3.05) is 5.32 Å². The molecular formula is C13H19N3O3S. The van der Waals surface area contributed by atoms with E-state index in [4.69, 9.17) is 10.8 Å². The Bertz CT molecular complexity index is 462. The van der Waals surface area contributed by atoms with Crippen LogP contribution in [-0.4, -0.2) is 28.2 Å². The Kier molecular flexibility index (Phi) is 6.50. The maximum Gasteiger partial charge on any atom is 0.246 e. The molecule has 1 rings (SSSR count). The van der Waals surface area contributed by atoms with Crippen LogP contribution in [0.2, 0.25) is 0 Å². The molecule has 0 aliphatic heterocycles. The minimum atomic E-state index is -0.608. The zero-order chi connectivity index (χ0) is 15.1. The normalized spacial score (nSPS) is 13.4. The number of nitrogens with two attached hydrogens (primary N) is 1. The third kappa shape index (κ3) is 5.20. The number of hydrogen-bond acceptors (Lipinski definition) is 5. The topological polar surface area (TPSA) is 104 Å². The van der Waals surface area contributed by atoms with E-state index in [0.717, 1.165) is 17.5 Å². The number of nitrogens with one attached hydrogen (secondary N) is 2. The monoisotopic (exact) mass is 297 g/mol. The Morgan fingerprint density at radius 3 is 2.35 bits per heavy atom. The molecule has 1 aromatic carbocycles. The van der Waals surface area contributed by atoms with Crippen molar-refractivity contribution in [2.24, 2.45) is 5.73 Å². The molecule has 0 radical (unpaired) electrons. The molecule has 110 valence electrons. The number of benzene rings is 1. The van der Waals surface area contributed by atoms with Crippen molar-refractivity contribution in [3.63, 3.8) is 0 Å². The van der Waals surface area contributed by atoms with Gasteiger partial charge in [-0.25, -0.2) is 0 Å². The van der Waals surface area contributed by atoms with Crippen molar-refractivity contribution in [1.29, 1.82) is 0 Å². The summed E-state index contributed by atoms with van der Waals surface area (Å²) in [7, 11) is 0. The number of carbonyl (C=O) groups is 2. The Hall–Kier alpha value is -1.57. The van der Waals surface area contributed by atoms with Crippen LogP contribution >= 0.6 is 11.9 Å². The van der Waals surface area contributed by atoms with Gasteiger partial charge < -0.3 is 16.2 Å². The summed E-state index contributed by atoms with van der Waals surface area (Å²) in [5.74, 6) is -0.543. The van der Waals surface area contributed by atoms with E-state index >= 15 is 0 Å². The van der Waals surface area contributed by atoms with Crippen molar-refractivity contribution in [3.05, 3.63) is 29.8 Å². The van der Waals surface area contributed by atoms with Crippen LogP contribution in [0.3, 0.4) is 0 Å². The molecule has 20 heavy (non-hydrogen) atoms. The van der Waals surface area contributed by atoms with E-state index in [1.807, 2.05) is 0 Å². The molecule has 0 aliphatic carbocycles. The van der Waals surface area contributed by atoms with Crippen LogP contribution in [-0.2, 0) is 16.2 Å². The number of aliphatic hydroxyl groups excluding tert-OH is 1. The molecule has 5 N–H and O–H groups in total. The van der Waals surface area contributed by atoms with Gasteiger partial charge in [-0.15, -0.1) is 0 Å². The molecule has 6 nitrogen and oxygen atoms in total. The SMILES string of the molecule is C[C@H](N)C(=O)NS[C@@H](C)C(=O)Nc1ccc(CO)cc1. The number of amides is 2. The quantitative estimate of drug-likeness (QED) is 0.576. The Morgan fingerprint density at radius 1 is 1.25 bits per heavy atom. The van der Waals surface area contributed by atoms with Gasteiger partial charge in [-0.1, -0.05) is 12.1 Å². The molecule has 2 amide bonds. The summed E-state index contributed by atoms with van der Waals surface area (Å²) < 4.78 is 2.53. The summed E-state index contributed by atoms with van der Waals surface area (Å²) in [6.45, 7) is 3.22. The van der Waals surface area contributed by atoms with Gasteiger partial charge in [0.1, 0.15) is 5.25 Å². The molecule has 7 heteroatoms. The number of carbonyl (C=O) groups excluding carboxylic acids is 2. The highest BCUT2D eigenvalue weighted by atomic mass is 32.2. The molecule has 0 heterocycles. The van der Waals surface area contributed by atoms with Crippen LogP contribution in [0.25, 0.3) is 0 Å². The largest absolute Gasteiger partial charge is 0.392 e. The average Bonchev–Trinajstić information content (AvgIpc) is 2.44. The van der Waals surface area contributed by atoms with Gasteiger partial charge in [0.15, 0.2) is 0 Å². The fourth-order valence-corrected chi connectivity index (χ4v) is 1.88. The van der Waals surface area contributed by atoms with Gasteiger partial charge in [-0.3, -0.25) is 14.3 Å². The van der Waals surface area contributed by atoms with Gasteiger partial charge in [0.25, 0.3) is 0 Å². The molecule has 0 spiro atoms. The molecular weight excluding hydrogens is 278 g/mol. The Balaban J connectivity index is 2.46. The molecule has 0 unspecified atom stereocenters. The van der Waals surface area contributed by atoms with E-state index in [0.29, 0.717) is 5.69 Å². The number of hydrogen-bond donors (Lipinski definition) is 4. The molecule has 0 aliphatic rings. The lowest BCUT2D eigenvalue weighted by atomic mass is 10.2. The molecule has 0 saturated carbocycles. The summed E-state index contributed by atoms with van der Waals surface area (Å²) in [6.07, 6.45) is 0. The van der Waals surface area contributed by atoms with Crippen LogP contribution in [0.15, 0.2) is 24.3 Å². The first-order valence-electron chi connectivity index (χ1n) is 6.15. The van der Waals surface area contributed by atoms with Crippen molar-refractivity contribution in [1.82, 2.24) is 4.72 Å². The second-order valence-electron chi connectivity index (χ2n) is 4.36. The second-order valence-corrected chi connectivity index (χ2v) is 5.51. The van der Waals surface area contributed by atoms with E-state index in [-0.39, 0.29) is 18.4 Å². The van der Waals surface area contributed by atoms with Gasteiger partial charge in [-0.05, 0) is 43.5 Å². The average molecular weight is 297 g/mol. The first-order valence-corrected chi connectivity index (χ1v) is 7.03. The highest BCUT2D eigenvalue weighted by Gasteiger charge is 2.16.